The molecule has 1 heterocycles. The van der Waals surface area contributed by atoms with Gasteiger partial charge in [-0.25, -0.2) is 4.98 Å². The van der Waals surface area contributed by atoms with E-state index in [9.17, 15) is 4.79 Å². The molecular weight excluding hydrogens is 340 g/mol. The van der Waals surface area contributed by atoms with Crippen molar-refractivity contribution in [3.8, 4) is 11.3 Å². The lowest BCUT2D eigenvalue weighted by Crippen LogP contribution is -2.11. The summed E-state index contributed by atoms with van der Waals surface area (Å²) in [5, 5.41) is 6.48. The first kappa shape index (κ1) is 16.7. The molecule has 0 spiro atoms. The van der Waals surface area contributed by atoms with E-state index in [2.05, 4.69) is 17.2 Å². The number of nitrogens with one attached hydrogen (secondary N) is 1. The molecule has 0 fully saturated rings. The lowest BCUT2D eigenvalue weighted by atomic mass is 10.1. The molecular formula is C19H17ClN2OS. The maximum Gasteiger partial charge on any atom is 0.255 e. The van der Waals surface area contributed by atoms with E-state index >= 15 is 0 Å². The fourth-order valence-corrected chi connectivity index (χ4v) is 3.21. The lowest BCUT2D eigenvalue weighted by Gasteiger charge is -2.08. The Bertz CT molecular complexity index is 871. The van der Waals surface area contributed by atoms with E-state index in [1.807, 2.05) is 42.6 Å². The topological polar surface area (TPSA) is 42.0 Å². The number of benzene rings is 2. The van der Waals surface area contributed by atoms with Gasteiger partial charge in [-0.05, 0) is 49.2 Å². The van der Waals surface area contributed by atoms with Gasteiger partial charge in [0.15, 0.2) is 0 Å². The van der Waals surface area contributed by atoms with Gasteiger partial charge in [-0.3, -0.25) is 4.79 Å². The van der Waals surface area contributed by atoms with Crippen LogP contribution in [0.2, 0.25) is 5.02 Å². The van der Waals surface area contributed by atoms with Gasteiger partial charge in [-0.1, -0.05) is 30.7 Å². The third-order valence-electron chi connectivity index (χ3n) is 3.74. The summed E-state index contributed by atoms with van der Waals surface area (Å²) in [6.07, 6.45) is 0.954. The van der Waals surface area contributed by atoms with Gasteiger partial charge < -0.3 is 5.32 Å². The highest BCUT2D eigenvalue weighted by Crippen LogP contribution is 2.31. The largest absolute Gasteiger partial charge is 0.322 e. The maximum atomic E-state index is 12.4. The molecule has 1 N–H and O–H groups in total. The number of hydrogen-bond acceptors (Lipinski definition) is 3. The van der Waals surface area contributed by atoms with Crippen LogP contribution < -0.4 is 5.32 Å². The minimum Gasteiger partial charge on any atom is -0.322 e. The predicted molar refractivity (Wildman–Crippen MR) is 101 cm³/mol. The number of aromatic nitrogens is 1. The maximum absolute atomic E-state index is 12.4. The summed E-state index contributed by atoms with van der Waals surface area (Å²) < 4.78 is 0. The number of thiazole rings is 1. The lowest BCUT2D eigenvalue weighted by molar-refractivity contribution is 0.102. The third kappa shape index (κ3) is 3.66. The number of anilines is 1. The van der Waals surface area contributed by atoms with Gasteiger partial charge in [-0.2, -0.15) is 0 Å². The molecule has 122 valence electrons. The number of halogens is 1. The van der Waals surface area contributed by atoms with Crippen molar-refractivity contribution in [2.24, 2.45) is 0 Å². The second kappa shape index (κ2) is 7.16. The molecule has 1 aromatic heterocycles. The molecule has 0 bridgehead atoms. The summed E-state index contributed by atoms with van der Waals surface area (Å²) in [6.45, 7) is 4.04. The van der Waals surface area contributed by atoms with Crippen molar-refractivity contribution in [1.29, 1.82) is 0 Å². The van der Waals surface area contributed by atoms with Gasteiger partial charge in [0.1, 0.15) is 0 Å². The molecule has 3 rings (SSSR count). The standard InChI is InChI=1S/C19H17ClN2OS/c1-3-13-4-6-14(7-5-13)19(23)22-15-8-9-17(20)16(10-15)18-11-24-12(2)21-18/h4-11H,3H2,1-2H3,(H,22,23). The van der Waals surface area contributed by atoms with Crippen LogP contribution in [0, 0.1) is 6.92 Å². The molecule has 0 aliphatic rings. The number of carbonyl (C=O) groups is 1. The number of aryl methyl sites for hydroxylation is 2. The van der Waals surface area contributed by atoms with E-state index in [4.69, 9.17) is 11.6 Å². The van der Waals surface area contributed by atoms with E-state index in [0.29, 0.717) is 16.3 Å². The average molecular weight is 357 g/mol. The molecule has 0 saturated heterocycles. The van der Waals surface area contributed by atoms with Gasteiger partial charge in [0.2, 0.25) is 0 Å². The number of amides is 1. The normalized spacial score (nSPS) is 10.6. The molecule has 5 heteroatoms. The Morgan fingerprint density at radius 3 is 2.58 bits per heavy atom. The van der Waals surface area contributed by atoms with Gasteiger partial charge >= 0.3 is 0 Å². The zero-order valence-corrected chi connectivity index (χ0v) is 15.0. The molecule has 2 aromatic carbocycles. The minimum atomic E-state index is -0.139. The number of hydrogen-bond donors (Lipinski definition) is 1. The van der Waals surface area contributed by atoms with Crippen LogP contribution in [0.4, 0.5) is 5.69 Å². The number of rotatable bonds is 4. The molecule has 3 nitrogen and oxygen atoms in total. The third-order valence-corrected chi connectivity index (χ3v) is 4.85. The van der Waals surface area contributed by atoms with Crippen LogP contribution >= 0.6 is 22.9 Å². The summed E-state index contributed by atoms with van der Waals surface area (Å²) in [5.41, 5.74) is 4.18. The quantitative estimate of drug-likeness (QED) is 0.662. The second-order valence-electron chi connectivity index (χ2n) is 5.45. The van der Waals surface area contributed by atoms with Crippen LogP contribution in [0.3, 0.4) is 0 Å². The monoisotopic (exact) mass is 356 g/mol. The molecule has 0 saturated carbocycles. The van der Waals surface area contributed by atoms with E-state index in [1.165, 1.54) is 5.56 Å². The minimum absolute atomic E-state index is 0.139. The van der Waals surface area contributed by atoms with Crippen LogP contribution in [-0.4, -0.2) is 10.9 Å². The Hall–Kier alpha value is -2.17. The molecule has 0 aliphatic carbocycles. The molecule has 0 unspecified atom stereocenters. The van der Waals surface area contributed by atoms with Crippen molar-refractivity contribution in [3.05, 3.63) is 69.0 Å². The Kier molecular flexibility index (Phi) is 4.97. The first-order valence-corrected chi connectivity index (χ1v) is 8.95. The van der Waals surface area contributed by atoms with Crippen molar-refractivity contribution in [2.45, 2.75) is 20.3 Å². The SMILES string of the molecule is CCc1ccc(C(=O)Nc2ccc(Cl)c(-c3csc(C)n3)c2)cc1. The van der Waals surface area contributed by atoms with Crippen molar-refractivity contribution in [3.63, 3.8) is 0 Å². The van der Waals surface area contributed by atoms with Gasteiger partial charge in [0, 0.05) is 22.2 Å². The molecule has 0 atom stereocenters. The highest BCUT2D eigenvalue weighted by molar-refractivity contribution is 7.09. The van der Waals surface area contributed by atoms with Crippen LogP contribution in [0.5, 0.6) is 0 Å². The molecule has 1 amide bonds. The first-order valence-electron chi connectivity index (χ1n) is 7.69. The highest BCUT2D eigenvalue weighted by atomic mass is 35.5. The summed E-state index contributed by atoms with van der Waals surface area (Å²) in [7, 11) is 0. The number of nitrogens with zero attached hydrogens (tertiary/aromatic N) is 1. The van der Waals surface area contributed by atoms with Crippen LogP contribution in [0.25, 0.3) is 11.3 Å². The molecule has 3 aromatic rings. The number of carbonyl (C=O) groups excluding carboxylic acids is 1. The van der Waals surface area contributed by atoms with E-state index in [0.717, 1.165) is 22.7 Å². The fourth-order valence-electron chi connectivity index (χ4n) is 2.38. The van der Waals surface area contributed by atoms with Crippen LogP contribution in [-0.2, 0) is 6.42 Å². The zero-order chi connectivity index (χ0) is 17.1. The van der Waals surface area contributed by atoms with Gasteiger partial charge in [-0.15, -0.1) is 11.3 Å². The Morgan fingerprint density at radius 1 is 1.21 bits per heavy atom. The molecule has 0 radical (unpaired) electrons. The summed E-state index contributed by atoms with van der Waals surface area (Å²) in [5.74, 6) is -0.139. The van der Waals surface area contributed by atoms with Crippen molar-refractivity contribution in [1.82, 2.24) is 4.98 Å². The van der Waals surface area contributed by atoms with Crippen molar-refractivity contribution >= 4 is 34.5 Å². The van der Waals surface area contributed by atoms with Crippen molar-refractivity contribution < 1.29 is 4.79 Å². The van der Waals surface area contributed by atoms with Gasteiger partial charge in [0.25, 0.3) is 5.91 Å². The van der Waals surface area contributed by atoms with Crippen molar-refractivity contribution in [2.75, 3.05) is 5.32 Å². The van der Waals surface area contributed by atoms with Crippen LogP contribution in [0.15, 0.2) is 47.8 Å². The highest BCUT2D eigenvalue weighted by Gasteiger charge is 2.11. The Labute approximate surface area is 150 Å². The summed E-state index contributed by atoms with van der Waals surface area (Å²) >= 11 is 7.85. The zero-order valence-electron chi connectivity index (χ0n) is 13.5. The Morgan fingerprint density at radius 2 is 1.96 bits per heavy atom. The smallest absolute Gasteiger partial charge is 0.255 e. The predicted octanol–water partition coefficient (Wildman–Crippen LogP) is 5.59. The first-order chi connectivity index (χ1) is 11.6. The molecule has 0 aliphatic heterocycles. The van der Waals surface area contributed by atoms with E-state index in [-0.39, 0.29) is 5.91 Å². The average Bonchev–Trinajstić information content (AvgIpc) is 3.03. The summed E-state index contributed by atoms with van der Waals surface area (Å²) in [4.78, 5) is 16.9. The van der Waals surface area contributed by atoms with Crippen LogP contribution in [0.1, 0.15) is 27.9 Å². The Balaban J connectivity index is 1.83. The van der Waals surface area contributed by atoms with E-state index < -0.39 is 0 Å². The summed E-state index contributed by atoms with van der Waals surface area (Å²) in [6, 6.07) is 13.1. The fraction of sp³-hybridized carbons (Fsp3) is 0.158. The van der Waals surface area contributed by atoms with E-state index in [1.54, 1.807) is 23.5 Å². The van der Waals surface area contributed by atoms with Gasteiger partial charge in [0.05, 0.1) is 15.7 Å². The second-order valence-corrected chi connectivity index (χ2v) is 6.92. The molecule has 24 heavy (non-hydrogen) atoms.